The van der Waals surface area contributed by atoms with E-state index in [2.05, 4.69) is 19.0 Å². The summed E-state index contributed by atoms with van der Waals surface area (Å²) in [5.41, 5.74) is -0.937. The van der Waals surface area contributed by atoms with Crippen LogP contribution in [0.25, 0.3) is 6.08 Å². The minimum absolute atomic E-state index is 0.00453. The standard InChI is InChI=1S/C16H12Cl2F3NO9/c1-7(5-29-22(25)26)30-15(24)28-6-27-14(23)10-3-8-2-9(17)4-11(18)12(8)31-13(10)16(19,20)21/h2-4,7,13H,5-6H2,1H3. The molecule has 0 bridgehead atoms. The smallest absolute Gasteiger partial charge is 0.474 e. The van der Waals surface area contributed by atoms with Crippen LogP contribution in [0.4, 0.5) is 18.0 Å². The van der Waals surface area contributed by atoms with Crippen molar-refractivity contribution in [3.8, 4) is 5.75 Å². The molecule has 0 radical (unpaired) electrons. The highest BCUT2D eigenvalue weighted by molar-refractivity contribution is 6.36. The van der Waals surface area contributed by atoms with E-state index in [1.165, 1.54) is 19.1 Å². The highest BCUT2D eigenvalue weighted by Crippen LogP contribution is 2.42. The van der Waals surface area contributed by atoms with Crippen molar-refractivity contribution in [1.82, 2.24) is 0 Å². The zero-order valence-corrected chi connectivity index (χ0v) is 16.8. The van der Waals surface area contributed by atoms with Gasteiger partial charge in [-0.15, -0.1) is 10.1 Å². The monoisotopic (exact) mass is 489 g/mol. The molecule has 0 saturated carbocycles. The van der Waals surface area contributed by atoms with Crippen LogP contribution in [0.1, 0.15) is 12.5 Å². The number of esters is 1. The molecule has 0 fully saturated rings. The van der Waals surface area contributed by atoms with Gasteiger partial charge < -0.3 is 23.8 Å². The van der Waals surface area contributed by atoms with Gasteiger partial charge in [-0.25, -0.2) is 9.59 Å². The largest absolute Gasteiger partial charge is 0.511 e. The van der Waals surface area contributed by atoms with Gasteiger partial charge in [0, 0.05) is 10.6 Å². The molecule has 1 aromatic rings. The Kier molecular flexibility index (Phi) is 7.79. The molecule has 0 amide bonds. The zero-order chi connectivity index (χ0) is 23.3. The van der Waals surface area contributed by atoms with Crippen LogP contribution in [-0.4, -0.2) is 49.0 Å². The molecule has 0 aliphatic carbocycles. The third kappa shape index (κ3) is 6.79. The van der Waals surface area contributed by atoms with Crippen molar-refractivity contribution in [2.24, 2.45) is 0 Å². The molecular weight excluding hydrogens is 478 g/mol. The minimum Gasteiger partial charge on any atom is -0.474 e. The highest BCUT2D eigenvalue weighted by Gasteiger charge is 2.49. The lowest BCUT2D eigenvalue weighted by atomic mass is 10.0. The molecule has 0 N–H and O–H groups in total. The Morgan fingerprint density at radius 3 is 2.58 bits per heavy atom. The van der Waals surface area contributed by atoms with Gasteiger partial charge in [0.15, 0.2) is 0 Å². The maximum atomic E-state index is 13.4. The van der Waals surface area contributed by atoms with Crippen molar-refractivity contribution < 1.29 is 51.6 Å². The molecule has 1 aliphatic heterocycles. The van der Waals surface area contributed by atoms with E-state index in [0.29, 0.717) is 0 Å². The second-order valence-corrected chi connectivity index (χ2v) is 6.68. The Morgan fingerprint density at radius 2 is 1.97 bits per heavy atom. The molecule has 1 heterocycles. The lowest BCUT2D eigenvalue weighted by Crippen LogP contribution is -2.41. The second-order valence-electron chi connectivity index (χ2n) is 5.84. The van der Waals surface area contributed by atoms with Gasteiger partial charge in [-0.1, -0.05) is 23.2 Å². The SMILES string of the molecule is CC(CO[N+](=O)[O-])OC(=O)OCOC(=O)C1=Cc2cc(Cl)cc(Cl)c2OC1C(F)(F)F. The number of benzene rings is 1. The quantitative estimate of drug-likeness (QED) is 0.242. The van der Waals surface area contributed by atoms with Crippen LogP contribution in [0.5, 0.6) is 5.75 Å². The summed E-state index contributed by atoms with van der Waals surface area (Å²) >= 11 is 11.7. The molecule has 0 aromatic heterocycles. The third-order valence-corrected chi connectivity index (χ3v) is 3.98. The first-order chi connectivity index (χ1) is 14.4. The third-order valence-electron chi connectivity index (χ3n) is 3.48. The molecule has 2 unspecified atom stereocenters. The van der Waals surface area contributed by atoms with Crippen LogP contribution >= 0.6 is 23.2 Å². The molecule has 1 aromatic carbocycles. The molecule has 1 aliphatic rings. The Hall–Kier alpha value is -2.93. The van der Waals surface area contributed by atoms with Gasteiger partial charge in [-0.3, -0.25) is 0 Å². The number of fused-ring (bicyclic) bond motifs is 1. The van der Waals surface area contributed by atoms with Crippen LogP contribution in [0.2, 0.25) is 10.0 Å². The number of nitrogens with zero attached hydrogens (tertiary/aromatic N) is 1. The van der Waals surface area contributed by atoms with Gasteiger partial charge in [-0.05, 0) is 25.1 Å². The van der Waals surface area contributed by atoms with E-state index in [1.54, 1.807) is 0 Å². The zero-order valence-electron chi connectivity index (χ0n) is 15.3. The minimum atomic E-state index is -5.00. The van der Waals surface area contributed by atoms with Crippen molar-refractivity contribution in [3.63, 3.8) is 0 Å². The summed E-state index contributed by atoms with van der Waals surface area (Å²) in [6.07, 6.45) is -9.36. The highest BCUT2D eigenvalue weighted by atomic mass is 35.5. The van der Waals surface area contributed by atoms with Gasteiger partial charge in [0.25, 0.3) is 5.09 Å². The topological polar surface area (TPSA) is 123 Å². The van der Waals surface area contributed by atoms with Gasteiger partial charge in [0.1, 0.15) is 18.5 Å². The molecular formula is C16H12Cl2F3NO9. The summed E-state index contributed by atoms with van der Waals surface area (Å²) in [6.45, 7) is -0.460. The van der Waals surface area contributed by atoms with Crippen LogP contribution in [0.15, 0.2) is 17.7 Å². The Labute approximate surface area is 181 Å². The van der Waals surface area contributed by atoms with E-state index in [4.69, 9.17) is 27.9 Å². The molecule has 0 spiro atoms. The average Bonchev–Trinajstić information content (AvgIpc) is 2.64. The summed E-state index contributed by atoms with van der Waals surface area (Å²) in [5, 5.41) is 8.83. The normalized spacial score (nSPS) is 16.2. The van der Waals surface area contributed by atoms with Crippen molar-refractivity contribution in [2.75, 3.05) is 13.4 Å². The van der Waals surface area contributed by atoms with Crippen LogP contribution in [0.3, 0.4) is 0 Å². The summed E-state index contributed by atoms with van der Waals surface area (Å²) in [5.74, 6) is -1.82. The first-order valence-corrected chi connectivity index (χ1v) is 8.86. The number of hydrogen-bond donors (Lipinski definition) is 0. The van der Waals surface area contributed by atoms with Gasteiger partial charge in [-0.2, -0.15) is 13.2 Å². The number of carbonyl (C=O) groups is 2. The van der Waals surface area contributed by atoms with Crippen LogP contribution < -0.4 is 4.74 Å². The lowest BCUT2D eigenvalue weighted by Gasteiger charge is -2.28. The number of hydrogen-bond acceptors (Lipinski definition) is 9. The maximum Gasteiger partial charge on any atom is 0.511 e. The molecule has 2 atom stereocenters. The van der Waals surface area contributed by atoms with Crippen molar-refractivity contribution in [1.29, 1.82) is 0 Å². The molecule has 31 heavy (non-hydrogen) atoms. The van der Waals surface area contributed by atoms with Crippen molar-refractivity contribution in [3.05, 3.63) is 43.4 Å². The van der Waals surface area contributed by atoms with Gasteiger partial charge in [0.2, 0.25) is 12.9 Å². The van der Waals surface area contributed by atoms with Crippen molar-refractivity contribution in [2.45, 2.75) is 25.3 Å². The lowest BCUT2D eigenvalue weighted by molar-refractivity contribution is -0.759. The Bertz CT molecular complexity index is 907. The predicted octanol–water partition coefficient (Wildman–Crippen LogP) is 3.95. The average molecular weight is 490 g/mol. The summed E-state index contributed by atoms with van der Waals surface area (Å²) in [4.78, 5) is 37.6. The first kappa shape index (κ1) is 24.3. The molecule has 10 nitrogen and oxygen atoms in total. The van der Waals surface area contributed by atoms with E-state index in [1.807, 2.05) is 0 Å². The van der Waals surface area contributed by atoms with Gasteiger partial charge in [0.05, 0.1) is 10.6 Å². The fourth-order valence-corrected chi connectivity index (χ4v) is 2.81. The van der Waals surface area contributed by atoms with Crippen LogP contribution in [0, 0.1) is 10.1 Å². The number of ether oxygens (including phenoxy) is 4. The summed E-state index contributed by atoms with van der Waals surface area (Å²) in [7, 11) is 0. The van der Waals surface area contributed by atoms with Crippen molar-refractivity contribution >= 4 is 41.4 Å². The fourth-order valence-electron chi connectivity index (χ4n) is 2.26. The number of carbonyl (C=O) groups excluding carboxylic acids is 2. The predicted molar refractivity (Wildman–Crippen MR) is 95.8 cm³/mol. The number of rotatable bonds is 7. The first-order valence-electron chi connectivity index (χ1n) is 8.10. The fraction of sp³-hybridized carbons (Fsp3) is 0.375. The Balaban J connectivity index is 2.04. The van der Waals surface area contributed by atoms with Crippen LogP contribution in [-0.2, 0) is 23.8 Å². The summed E-state index contributed by atoms with van der Waals surface area (Å²) < 4.78 is 58.4. The molecule has 0 saturated heterocycles. The van der Waals surface area contributed by atoms with E-state index >= 15 is 0 Å². The van der Waals surface area contributed by atoms with E-state index in [-0.39, 0.29) is 21.4 Å². The molecule has 15 heteroatoms. The summed E-state index contributed by atoms with van der Waals surface area (Å²) in [6, 6.07) is 2.40. The number of alkyl halides is 3. The molecule has 170 valence electrons. The van der Waals surface area contributed by atoms with Gasteiger partial charge >= 0.3 is 18.3 Å². The molecule has 2 rings (SSSR count). The Morgan fingerprint density at radius 1 is 1.29 bits per heavy atom. The second kappa shape index (κ2) is 9.92. The van der Waals surface area contributed by atoms with E-state index < -0.39 is 54.6 Å². The number of halogens is 5. The van der Waals surface area contributed by atoms with E-state index in [9.17, 15) is 32.9 Å². The maximum absolute atomic E-state index is 13.4. The van der Waals surface area contributed by atoms with E-state index in [0.717, 1.165) is 6.08 Å².